The van der Waals surface area contributed by atoms with Gasteiger partial charge in [-0.2, -0.15) is 0 Å². The fourth-order valence-corrected chi connectivity index (χ4v) is 2.38. The van der Waals surface area contributed by atoms with E-state index in [1.54, 1.807) is 7.11 Å². The first kappa shape index (κ1) is 13.0. The lowest BCUT2D eigenvalue weighted by Gasteiger charge is -2.10. The first-order chi connectivity index (χ1) is 8.70. The number of benzene rings is 2. The van der Waals surface area contributed by atoms with Crippen molar-refractivity contribution in [3.05, 3.63) is 58.1 Å². The van der Waals surface area contributed by atoms with Gasteiger partial charge in [0, 0.05) is 12.2 Å². The maximum Gasteiger partial charge on any atom is 0.133 e. The van der Waals surface area contributed by atoms with Crippen molar-refractivity contribution in [2.45, 2.75) is 13.5 Å². The van der Waals surface area contributed by atoms with E-state index in [0.29, 0.717) is 0 Å². The minimum atomic E-state index is 0.799. The van der Waals surface area contributed by atoms with E-state index in [1.165, 1.54) is 16.8 Å². The van der Waals surface area contributed by atoms with Crippen molar-refractivity contribution in [3.8, 4) is 5.75 Å². The summed E-state index contributed by atoms with van der Waals surface area (Å²) >= 11 is 3.50. The number of para-hydroxylation sites is 1. The van der Waals surface area contributed by atoms with E-state index in [9.17, 15) is 0 Å². The molecule has 0 atom stereocenters. The van der Waals surface area contributed by atoms with Crippen molar-refractivity contribution in [1.82, 2.24) is 0 Å². The summed E-state index contributed by atoms with van der Waals surface area (Å²) in [6.45, 7) is 2.90. The number of anilines is 1. The Morgan fingerprint density at radius 3 is 2.61 bits per heavy atom. The van der Waals surface area contributed by atoms with Gasteiger partial charge in [0.05, 0.1) is 11.6 Å². The van der Waals surface area contributed by atoms with Crippen LogP contribution in [0.15, 0.2) is 46.9 Å². The van der Waals surface area contributed by atoms with Crippen molar-refractivity contribution in [2.75, 3.05) is 12.4 Å². The monoisotopic (exact) mass is 305 g/mol. The first-order valence-corrected chi connectivity index (χ1v) is 6.62. The zero-order valence-corrected chi connectivity index (χ0v) is 12.1. The number of halogens is 1. The van der Waals surface area contributed by atoms with Gasteiger partial charge in [-0.05, 0) is 52.2 Å². The van der Waals surface area contributed by atoms with Crippen LogP contribution in [0.5, 0.6) is 5.75 Å². The van der Waals surface area contributed by atoms with Crippen LogP contribution in [0.2, 0.25) is 0 Å². The SMILES string of the molecule is COc1ccc(CNc2ccccc2C)cc1Br. The Morgan fingerprint density at radius 1 is 1.17 bits per heavy atom. The summed E-state index contributed by atoms with van der Waals surface area (Å²) in [4.78, 5) is 0. The predicted octanol–water partition coefficient (Wildman–Crippen LogP) is 4.38. The molecule has 3 heteroatoms. The van der Waals surface area contributed by atoms with Crippen LogP contribution >= 0.6 is 15.9 Å². The summed E-state index contributed by atoms with van der Waals surface area (Å²) in [5.41, 5.74) is 3.64. The molecule has 94 valence electrons. The second-order valence-corrected chi connectivity index (χ2v) is 4.99. The van der Waals surface area contributed by atoms with Crippen molar-refractivity contribution in [2.24, 2.45) is 0 Å². The Morgan fingerprint density at radius 2 is 1.94 bits per heavy atom. The molecular formula is C15H16BrNO. The van der Waals surface area contributed by atoms with E-state index in [0.717, 1.165) is 16.8 Å². The van der Waals surface area contributed by atoms with Crippen LogP contribution in [0.3, 0.4) is 0 Å². The summed E-state index contributed by atoms with van der Waals surface area (Å²) in [5, 5.41) is 3.43. The van der Waals surface area contributed by atoms with E-state index < -0.39 is 0 Å². The average molecular weight is 306 g/mol. The van der Waals surface area contributed by atoms with Crippen LogP contribution in [0.4, 0.5) is 5.69 Å². The number of methoxy groups -OCH3 is 1. The van der Waals surface area contributed by atoms with E-state index >= 15 is 0 Å². The van der Waals surface area contributed by atoms with Crippen LogP contribution in [-0.4, -0.2) is 7.11 Å². The largest absolute Gasteiger partial charge is 0.496 e. The Balaban J connectivity index is 2.07. The molecule has 0 heterocycles. The van der Waals surface area contributed by atoms with Gasteiger partial charge in [-0.25, -0.2) is 0 Å². The van der Waals surface area contributed by atoms with Crippen molar-refractivity contribution in [1.29, 1.82) is 0 Å². The minimum Gasteiger partial charge on any atom is -0.496 e. The molecule has 2 nitrogen and oxygen atoms in total. The molecule has 0 fully saturated rings. The molecule has 2 aromatic carbocycles. The molecule has 0 aliphatic carbocycles. The van der Waals surface area contributed by atoms with E-state index in [1.807, 2.05) is 18.2 Å². The summed E-state index contributed by atoms with van der Waals surface area (Å²) in [6.07, 6.45) is 0. The molecule has 0 bridgehead atoms. The highest BCUT2D eigenvalue weighted by molar-refractivity contribution is 9.10. The fourth-order valence-electron chi connectivity index (χ4n) is 1.79. The van der Waals surface area contributed by atoms with Crippen LogP contribution in [-0.2, 0) is 6.54 Å². The third-order valence-electron chi connectivity index (χ3n) is 2.84. The van der Waals surface area contributed by atoms with Gasteiger partial charge in [-0.15, -0.1) is 0 Å². The lowest BCUT2D eigenvalue weighted by molar-refractivity contribution is 0.412. The molecule has 18 heavy (non-hydrogen) atoms. The number of hydrogen-bond donors (Lipinski definition) is 1. The Hall–Kier alpha value is -1.48. The molecule has 0 radical (unpaired) electrons. The Bertz CT molecular complexity index is 540. The second-order valence-electron chi connectivity index (χ2n) is 4.14. The standard InChI is InChI=1S/C15H16BrNO/c1-11-5-3-4-6-14(11)17-10-12-7-8-15(18-2)13(16)9-12/h3-9,17H,10H2,1-2H3. The lowest BCUT2D eigenvalue weighted by atomic mass is 10.1. The maximum absolute atomic E-state index is 5.21. The third-order valence-corrected chi connectivity index (χ3v) is 3.46. The molecule has 0 unspecified atom stereocenters. The zero-order valence-electron chi connectivity index (χ0n) is 10.5. The second kappa shape index (κ2) is 5.91. The van der Waals surface area contributed by atoms with Gasteiger partial charge in [0.2, 0.25) is 0 Å². The summed E-state index contributed by atoms with van der Waals surface area (Å²) < 4.78 is 6.20. The maximum atomic E-state index is 5.21. The van der Waals surface area contributed by atoms with Crippen LogP contribution in [0.25, 0.3) is 0 Å². The molecular weight excluding hydrogens is 290 g/mol. The highest BCUT2D eigenvalue weighted by Gasteiger charge is 2.02. The molecule has 0 aliphatic rings. The molecule has 0 spiro atoms. The summed E-state index contributed by atoms with van der Waals surface area (Å²) in [5.74, 6) is 0.856. The van der Waals surface area contributed by atoms with Gasteiger partial charge in [0.25, 0.3) is 0 Å². The Labute approximate surface area is 116 Å². The van der Waals surface area contributed by atoms with Crippen LogP contribution in [0, 0.1) is 6.92 Å². The van der Waals surface area contributed by atoms with Gasteiger partial charge < -0.3 is 10.1 Å². The molecule has 0 saturated heterocycles. The zero-order chi connectivity index (χ0) is 13.0. The van der Waals surface area contributed by atoms with Crippen molar-refractivity contribution in [3.63, 3.8) is 0 Å². The molecule has 2 aromatic rings. The topological polar surface area (TPSA) is 21.3 Å². The molecule has 0 aromatic heterocycles. The third kappa shape index (κ3) is 3.05. The lowest BCUT2D eigenvalue weighted by Crippen LogP contribution is -2.01. The fraction of sp³-hybridized carbons (Fsp3) is 0.200. The smallest absolute Gasteiger partial charge is 0.133 e. The molecule has 1 N–H and O–H groups in total. The van der Waals surface area contributed by atoms with Crippen molar-refractivity contribution < 1.29 is 4.74 Å². The summed E-state index contributed by atoms with van der Waals surface area (Å²) in [7, 11) is 1.67. The van der Waals surface area contributed by atoms with E-state index in [-0.39, 0.29) is 0 Å². The quantitative estimate of drug-likeness (QED) is 0.905. The highest BCUT2D eigenvalue weighted by Crippen LogP contribution is 2.26. The number of nitrogens with one attached hydrogen (secondary N) is 1. The molecule has 2 rings (SSSR count). The van der Waals surface area contributed by atoms with Crippen LogP contribution in [0.1, 0.15) is 11.1 Å². The number of ether oxygens (including phenoxy) is 1. The van der Waals surface area contributed by atoms with E-state index in [2.05, 4.69) is 52.4 Å². The summed E-state index contributed by atoms with van der Waals surface area (Å²) in [6, 6.07) is 14.4. The van der Waals surface area contributed by atoms with Gasteiger partial charge in [-0.3, -0.25) is 0 Å². The van der Waals surface area contributed by atoms with Crippen molar-refractivity contribution >= 4 is 21.6 Å². The number of hydrogen-bond acceptors (Lipinski definition) is 2. The van der Waals surface area contributed by atoms with Gasteiger partial charge in [-0.1, -0.05) is 24.3 Å². The molecule has 0 saturated carbocycles. The van der Waals surface area contributed by atoms with Gasteiger partial charge in [0.1, 0.15) is 5.75 Å². The molecule has 0 amide bonds. The Kier molecular flexibility index (Phi) is 4.26. The van der Waals surface area contributed by atoms with E-state index in [4.69, 9.17) is 4.74 Å². The normalized spacial score (nSPS) is 10.2. The van der Waals surface area contributed by atoms with Gasteiger partial charge >= 0.3 is 0 Å². The first-order valence-electron chi connectivity index (χ1n) is 5.82. The number of rotatable bonds is 4. The highest BCUT2D eigenvalue weighted by atomic mass is 79.9. The average Bonchev–Trinajstić information content (AvgIpc) is 2.38. The number of aryl methyl sites for hydroxylation is 1. The minimum absolute atomic E-state index is 0.799. The van der Waals surface area contributed by atoms with Gasteiger partial charge in [0.15, 0.2) is 0 Å². The molecule has 0 aliphatic heterocycles. The predicted molar refractivity (Wildman–Crippen MR) is 79.2 cm³/mol. The van der Waals surface area contributed by atoms with Crippen LogP contribution < -0.4 is 10.1 Å².